The van der Waals surface area contributed by atoms with E-state index in [1.807, 2.05) is 12.1 Å². The summed E-state index contributed by atoms with van der Waals surface area (Å²) in [5.41, 5.74) is 5.36. The van der Waals surface area contributed by atoms with Gasteiger partial charge in [0.1, 0.15) is 18.1 Å². The van der Waals surface area contributed by atoms with Crippen LogP contribution in [0.4, 0.5) is 5.69 Å². The quantitative estimate of drug-likeness (QED) is 0.0549. The topological polar surface area (TPSA) is 153 Å². The van der Waals surface area contributed by atoms with Crippen molar-refractivity contribution in [1.29, 1.82) is 0 Å². The summed E-state index contributed by atoms with van der Waals surface area (Å²) in [6.07, 6.45) is 1.47. The first-order valence-corrected chi connectivity index (χ1v) is 16.0. The molecular formula is C30H27I2N5O7S. The molecule has 0 spiro atoms. The highest BCUT2D eigenvalue weighted by Crippen LogP contribution is 2.34. The first-order valence-electron chi connectivity index (χ1n) is 13.4. The number of carbonyl (C=O) groups is 2. The van der Waals surface area contributed by atoms with Crippen LogP contribution in [0.15, 0.2) is 77.0 Å². The number of nitrogens with zero attached hydrogens (tertiary/aromatic N) is 2. The van der Waals surface area contributed by atoms with Gasteiger partial charge >= 0.3 is 5.97 Å². The Hall–Kier alpha value is -3.84. The number of allylic oxidation sites excluding steroid dienone is 1. The molecule has 45 heavy (non-hydrogen) atoms. The summed E-state index contributed by atoms with van der Waals surface area (Å²) < 4.78 is 18.9. The zero-order valence-electron chi connectivity index (χ0n) is 24.0. The zero-order valence-corrected chi connectivity index (χ0v) is 29.1. The summed E-state index contributed by atoms with van der Waals surface area (Å²) in [6, 6.07) is 16.3. The minimum absolute atomic E-state index is 0.000887. The number of hydrogen-bond donors (Lipinski definition) is 3. The molecule has 1 aliphatic heterocycles. The van der Waals surface area contributed by atoms with Crippen LogP contribution in [0.1, 0.15) is 36.6 Å². The molecule has 15 heteroatoms. The third-order valence-corrected chi connectivity index (χ3v) is 7.96. The normalized spacial score (nSPS) is 14.4. The van der Waals surface area contributed by atoms with Gasteiger partial charge in [0.25, 0.3) is 11.6 Å². The smallest absolute Gasteiger partial charge is 0.338 e. The first kappa shape index (κ1) is 34.0. The Bertz CT molecular complexity index is 1680. The number of carbonyl (C=O) groups excluding carboxylic acids is 2. The van der Waals surface area contributed by atoms with Crippen LogP contribution < -0.4 is 25.5 Å². The van der Waals surface area contributed by atoms with E-state index in [0.29, 0.717) is 39.0 Å². The minimum atomic E-state index is -0.650. The van der Waals surface area contributed by atoms with Crippen molar-refractivity contribution in [2.45, 2.75) is 26.5 Å². The standard InChI is InChI=1S/C30H27I2N5O7S/c1-3-42-29(39)26-17(2)34-30(45)35-27(26)22-6-4-5-7-24(22)43-16-25(38)36-33-14-19-12-20(31)13-23(32)28(19)44-15-18-8-10-21(11-9-18)37(40)41/h4-14,27H,3,15-16H2,1-2H3,(H,36,38)(H2,34,35,45)/t27-/m0/s1. The number of amides is 1. The van der Waals surface area contributed by atoms with Crippen molar-refractivity contribution in [1.82, 2.24) is 16.1 Å². The van der Waals surface area contributed by atoms with Gasteiger partial charge in [-0.3, -0.25) is 14.9 Å². The summed E-state index contributed by atoms with van der Waals surface area (Å²) in [6.45, 7) is 3.50. The van der Waals surface area contributed by atoms with E-state index in [-0.39, 0.29) is 25.5 Å². The molecular weight excluding hydrogens is 828 g/mol. The monoisotopic (exact) mass is 855 g/mol. The Morgan fingerprint density at radius 3 is 2.58 bits per heavy atom. The SMILES string of the molecule is CCOC(=O)C1=C(C)NC(=S)N[C@H]1c1ccccc1OCC(=O)NN=Cc1cc(I)cc(I)c1OCc1ccc([N+](=O)[O-])cc1. The molecule has 0 bridgehead atoms. The Balaban J connectivity index is 1.43. The predicted octanol–water partition coefficient (Wildman–Crippen LogP) is 5.27. The second kappa shape index (κ2) is 15.9. The molecule has 4 rings (SSSR count). The van der Waals surface area contributed by atoms with Gasteiger partial charge in [-0.2, -0.15) is 5.10 Å². The molecule has 1 amide bonds. The molecule has 234 valence electrons. The predicted molar refractivity (Wildman–Crippen MR) is 188 cm³/mol. The number of hydrogen-bond acceptors (Lipinski definition) is 9. The van der Waals surface area contributed by atoms with Crippen LogP contribution in [0.2, 0.25) is 0 Å². The number of nitro groups is 1. The molecule has 1 heterocycles. The van der Waals surface area contributed by atoms with Crippen molar-refractivity contribution in [2.24, 2.45) is 5.10 Å². The number of non-ortho nitro benzene ring substituents is 1. The second-order valence-electron chi connectivity index (χ2n) is 9.43. The van der Waals surface area contributed by atoms with Gasteiger partial charge < -0.3 is 24.8 Å². The fourth-order valence-corrected chi connectivity index (χ4v) is 6.62. The minimum Gasteiger partial charge on any atom is -0.487 e. The number of nitro benzene ring substituents is 1. The van der Waals surface area contributed by atoms with E-state index in [0.717, 1.165) is 12.7 Å². The summed E-state index contributed by atoms with van der Waals surface area (Å²) in [5.74, 6) is -0.0835. The van der Waals surface area contributed by atoms with Gasteiger partial charge in [-0.25, -0.2) is 10.2 Å². The fourth-order valence-electron chi connectivity index (χ4n) is 4.30. The highest BCUT2D eigenvalue weighted by molar-refractivity contribution is 14.1. The van der Waals surface area contributed by atoms with Crippen LogP contribution in [0.25, 0.3) is 0 Å². The molecule has 0 fully saturated rings. The number of halogens is 2. The van der Waals surface area contributed by atoms with Gasteiger partial charge in [0.15, 0.2) is 11.7 Å². The van der Waals surface area contributed by atoms with Crippen molar-refractivity contribution in [3.05, 3.63) is 106 Å². The van der Waals surface area contributed by atoms with Crippen LogP contribution >= 0.6 is 57.4 Å². The van der Waals surface area contributed by atoms with Gasteiger partial charge in [0.05, 0.1) is 32.9 Å². The van der Waals surface area contributed by atoms with E-state index in [2.05, 4.69) is 66.3 Å². The van der Waals surface area contributed by atoms with Crippen molar-refractivity contribution < 1.29 is 28.7 Å². The summed E-state index contributed by atoms with van der Waals surface area (Å²) in [7, 11) is 0. The number of nitrogens with one attached hydrogen (secondary N) is 3. The Labute approximate surface area is 291 Å². The van der Waals surface area contributed by atoms with Crippen molar-refractivity contribution in [3.63, 3.8) is 0 Å². The van der Waals surface area contributed by atoms with Crippen LogP contribution in [0.3, 0.4) is 0 Å². The lowest BCUT2D eigenvalue weighted by atomic mass is 9.95. The molecule has 0 unspecified atom stereocenters. The molecule has 0 radical (unpaired) electrons. The molecule has 0 saturated carbocycles. The van der Waals surface area contributed by atoms with E-state index in [4.69, 9.17) is 26.4 Å². The number of para-hydroxylation sites is 1. The summed E-state index contributed by atoms with van der Waals surface area (Å²) in [4.78, 5) is 35.9. The number of hydrazone groups is 1. The number of benzene rings is 3. The number of ether oxygens (including phenoxy) is 3. The van der Waals surface area contributed by atoms with E-state index >= 15 is 0 Å². The van der Waals surface area contributed by atoms with Crippen LogP contribution in [0.5, 0.6) is 11.5 Å². The molecule has 3 N–H and O–H groups in total. The molecule has 0 saturated heterocycles. The molecule has 1 atom stereocenters. The third kappa shape index (κ3) is 9.10. The molecule has 0 aromatic heterocycles. The number of thiocarbonyl (C=S) groups is 1. The van der Waals surface area contributed by atoms with Crippen LogP contribution in [-0.4, -0.2) is 41.3 Å². The van der Waals surface area contributed by atoms with E-state index < -0.39 is 22.8 Å². The zero-order chi connectivity index (χ0) is 32.5. The Morgan fingerprint density at radius 2 is 1.87 bits per heavy atom. The van der Waals surface area contributed by atoms with Gasteiger partial charge in [-0.15, -0.1) is 0 Å². The highest BCUT2D eigenvalue weighted by Gasteiger charge is 2.32. The van der Waals surface area contributed by atoms with Crippen molar-refractivity contribution >= 4 is 86.3 Å². The Kier molecular flexibility index (Phi) is 12.1. The average Bonchev–Trinajstić information content (AvgIpc) is 2.99. The molecule has 3 aromatic carbocycles. The van der Waals surface area contributed by atoms with E-state index in [1.165, 1.54) is 18.3 Å². The molecule has 12 nitrogen and oxygen atoms in total. The van der Waals surface area contributed by atoms with Crippen molar-refractivity contribution in [3.8, 4) is 11.5 Å². The van der Waals surface area contributed by atoms with Gasteiger partial charge in [-0.1, -0.05) is 18.2 Å². The van der Waals surface area contributed by atoms with E-state index in [1.54, 1.807) is 50.2 Å². The molecule has 0 aliphatic carbocycles. The maximum Gasteiger partial charge on any atom is 0.338 e. The molecule has 1 aliphatic rings. The van der Waals surface area contributed by atoms with Gasteiger partial charge in [-0.05, 0) is 107 Å². The maximum absolute atomic E-state index is 12.8. The lowest BCUT2D eigenvalue weighted by molar-refractivity contribution is -0.384. The van der Waals surface area contributed by atoms with Gasteiger partial charge in [0, 0.05) is 32.5 Å². The lowest BCUT2D eigenvalue weighted by Gasteiger charge is -2.30. The lowest BCUT2D eigenvalue weighted by Crippen LogP contribution is -2.45. The fraction of sp³-hybridized carbons (Fsp3) is 0.200. The van der Waals surface area contributed by atoms with E-state index in [9.17, 15) is 19.7 Å². The maximum atomic E-state index is 12.8. The first-order chi connectivity index (χ1) is 21.6. The summed E-state index contributed by atoms with van der Waals surface area (Å²) in [5, 5.41) is 21.4. The second-order valence-corrected chi connectivity index (χ2v) is 12.2. The highest BCUT2D eigenvalue weighted by atomic mass is 127. The largest absolute Gasteiger partial charge is 0.487 e. The Morgan fingerprint density at radius 1 is 1.13 bits per heavy atom. The van der Waals surface area contributed by atoms with Crippen LogP contribution in [-0.2, 0) is 20.9 Å². The van der Waals surface area contributed by atoms with Gasteiger partial charge in [0.2, 0.25) is 0 Å². The van der Waals surface area contributed by atoms with Crippen molar-refractivity contribution in [2.75, 3.05) is 13.2 Å². The number of esters is 1. The molecule has 3 aromatic rings. The summed E-state index contributed by atoms with van der Waals surface area (Å²) >= 11 is 9.64. The van der Waals surface area contributed by atoms with Crippen LogP contribution in [0, 0.1) is 17.3 Å². The third-order valence-electron chi connectivity index (χ3n) is 6.31. The number of rotatable bonds is 12. The average molecular weight is 855 g/mol.